The number of alkyl halides is 1. The fourth-order valence-corrected chi connectivity index (χ4v) is 2.04. The molecule has 0 aromatic carbocycles. The number of halogens is 1. The average molecular weight is 229 g/mol. The number of nitrogens with one attached hydrogen (secondary N) is 1. The molecule has 0 bridgehead atoms. The van der Waals surface area contributed by atoms with Crippen molar-refractivity contribution in [3.8, 4) is 0 Å². The van der Waals surface area contributed by atoms with E-state index in [1.54, 1.807) is 11.1 Å². The standard InChI is InChI=1S/C9H9ClN2OS/c10-6-4-8(13)12(5-6)7-2-1-3-11-9(7)14/h1-3,6H,4-5H2,(H,11,14). The van der Waals surface area contributed by atoms with Crippen LogP contribution in [0.3, 0.4) is 0 Å². The fraction of sp³-hybridized carbons (Fsp3) is 0.333. The highest BCUT2D eigenvalue weighted by Gasteiger charge is 2.29. The van der Waals surface area contributed by atoms with Gasteiger partial charge in [0.15, 0.2) is 0 Å². The van der Waals surface area contributed by atoms with Crippen LogP contribution in [0, 0.1) is 4.64 Å². The number of carbonyl (C=O) groups is 1. The van der Waals surface area contributed by atoms with Gasteiger partial charge in [-0.2, -0.15) is 0 Å². The normalized spacial score (nSPS) is 21.6. The molecule has 14 heavy (non-hydrogen) atoms. The van der Waals surface area contributed by atoms with Crippen LogP contribution in [0.15, 0.2) is 18.3 Å². The lowest BCUT2D eigenvalue weighted by Crippen LogP contribution is -2.25. The van der Waals surface area contributed by atoms with E-state index in [0.717, 1.165) is 5.69 Å². The van der Waals surface area contributed by atoms with E-state index in [-0.39, 0.29) is 11.3 Å². The van der Waals surface area contributed by atoms with Crippen molar-refractivity contribution in [1.29, 1.82) is 0 Å². The van der Waals surface area contributed by atoms with Gasteiger partial charge in [0.2, 0.25) is 5.91 Å². The summed E-state index contributed by atoms with van der Waals surface area (Å²) in [5.74, 6) is 0.0377. The number of aromatic nitrogens is 1. The molecule has 1 unspecified atom stereocenters. The molecule has 0 spiro atoms. The van der Waals surface area contributed by atoms with E-state index in [0.29, 0.717) is 17.6 Å². The second kappa shape index (κ2) is 3.71. The topological polar surface area (TPSA) is 36.1 Å². The maximum atomic E-state index is 11.5. The van der Waals surface area contributed by atoms with Crippen LogP contribution in [0.2, 0.25) is 0 Å². The van der Waals surface area contributed by atoms with Crippen molar-refractivity contribution in [3.63, 3.8) is 0 Å². The summed E-state index contributed by atoms with van der Waals surface area (Å²) in [5, 5.41) is -0.0999. The van der Waals surface area contributed by atoms with Gasteiger partial charge in [0.25, 0.3) is 0 Å². The monoisotopic (exact) mass is 228 g/mol. The van der Waals surface area contributed by atoms with Gasteiger partial charge >= 0.3 is 0 Å². The fourth-order valence-electron chi connectivity index (χ4n) is 1.52. The predicted molar refractivity (Wildman–Crippen MR) is 58.2 cm³/mol. The van der Waals surface area contributed by atoms with Gasteiger partial charge < -0.3 is 9.88 Å². The summed E-state index contributed by atoms with van der Waals surface area (Å²) in [6.45, 7) is 0.544. The number of hydrogen-bond donors (Lipinski definition) is 1. The Morgan fingerprint density at radius 1 is 1.64 bits per heavy atom. The lowest BCUT2D eigenvalue weighted by molar-refractivity contribution is -0.117. The highest BCUT2D eigenvalue weighted by Crippen LogP contribution is 2.24. The second-order valence-corrected chi connectivity index (χ2v) is 4.22. The van der Waals surface area contributed by atoms with E-state index >= 15 is 0 Å². The largest absolute Gasteiger partial charge is 0.351 e. The zero-order chi connectivity index (χ0) is 10.1. The highest BCUT2D eigenvalue weighted by atomic mass is 35.5. The van der Waals surface area contributed by atoms with Gasteiger partial charge in [-0.05, 0) is 12.1 Å². The van der Waals surface area contributed by atoms with Crippen molar-refractivity contribution in [2.45, 2.75) is 11.8 Å². The first-order valence-corrected chi connectivity index (χ1v) is 5.15. The van der Waals surface area contributed by atoms with Crippen LogP contribution in [0.4, 0.5) is 5.69 Å². The minimum atomic E-state index is -0.0999. The van der Waals surface area contributed by atoms with E-state index in [4.69, 9.17) is 23.8 Å². The van der Waals surface area contributed by atoms with Crippen molar-refractivity contribution in [2.75, 3.05) is 11.4 Å². The summed E-state index contributed by atoms with van der Waals surface area (Å²) < 4.78 is 0.576. The zero-order valence-corrected chi connectivity index (χ0v) is 8.94. The van der Waals surface area contributed by atoms with E-state index in [1.807, 2.05) is 12.1 Å². The van der Waals surface area contributed by atoms with Crippen LogP contribution in [-0.4, -0.2) is 22.8 Å². The molecule has 1 amide bonds. The maximum Gasteiger partial charge on any atom is 0.228 e. The van der Waals surface area contributed by atoms with Crippen LogP contribution < -0.4 is 4.90 Å². The molecule has 1 N–H and O–H groups in total. The third kappa shape index (κ3) is 1.67. The zero-order valence-electron chi connectivity index (χ0n) is 7.37. The van der Waals surface area contributed by atoms with Gasteiger partial charge in [-0.25, -0.2) is 0 Å². The third-order valence-electron chi connectivity index (χ3n) is 2.17. The van der Waals surface area contributed by atoms with Crippen molar-refractivity contribution in [3.05, 3.63) is 23.0 Å². The number of pyridine rings is 1. The van der Waals surface area contributed by atoms with Crippen molar-refractivity contribution < 1.29 is 4.79 Å². The van der Waals surface area contributed by atoms with Gasteiger partial charge in [-0.15, -0.1) is 11.6 Å². The van der Waals surface area contributed by atoms with Gasteiger partial charge in [0.05, 0.1) is 11.1 Å². The Hall–Kier alpha value is -0.870. The van der Waals surface area contributed by atoms with Crippen LogP contribution >= 0.6 is 23.8 Å². The third-order valence-corrected chi connectivity index (χ3v) is 2.79. The van der Waals surface area contributed by atoms with E-state index in [1.165, 1.54) is 0 Å². The lowest BCUT2D eigenvalue weighted by Gasteiger charge is -2.15. The minimum Gasteiger partial charge on any atom is -0.351 e. The van der Waals surface area contributed by atoms with Gasteiger partial charge in [0, 0.05) is 19.2 Å². The van der Waals surface area contributed by atoms with Crippen molar-refractivity contribution >= 4 is 35.4 Å². The molecule has 1 aliphatic heterocycles. The molecule has 0 saturated carbocycles. The molecule has 2 rings (SSSR count). The number of hydrogen-bond acceptors (Lipinski definition) is 2. The number of anilines is 1. The molecule has 3 nitrogen and oxygen atoms in total. The first-order chi connectivity index (χ1) is 6.68. The predicted octanol–water partition coefficient (Wildman–Crippen LogP) is 2.09. The molecule has 1 aliphatic rings. The van der Waals surface area contributed by atoms with Gasteiger partial charge in [0.1, 0.15) is 4.64 Å². The molecule has 1 fully saturated rings. The summed E-state index contributed by atoms with van der Waals surface area (Å²) in [6, 6.07) is 3.64. The number of rotatable bonds is 1. The lowest BCUT2D eigenvalue weighted by atomic mass is 10.4. The number of H-pyrrole nitrogens is 1. The van der Waals surface area contributed by atoms with Crippen LogP contribution in [0.25, 0.3) is 0 Å². The molecule has 1 aromatic rings. The summed E-state index contributed by atoms with van der Waals surface area (Å²) in [7, 11) is 0. The molecular weight excluding hydrogens is 220 g/mol. The second-order valence-electron chi connectivity index (χ2n) is 3.19. The van der Waals surface area contributed by atoms with Crippen LogP contribution in [0.5, 0.6) is 0 Å². The van der Waals surface area contributed by atoms with Gasteiger partial charge in [-0.3, -0.25) is 4.79 Å². The molecule has 1 saturated heterocycles. The molecular formula is C9H9ClN2OS. The summed E-state index contributed by atoms with van der Waals surface area (Å²) in [4.78, 5) is 16.0. The van der Waals surface area contributed by atoms with Gasteiger partial charge in [-0.1, -0.05) is 12.2 Å². The number of carbonyl (C=O) groups excluding carboxylic acids is 1. The smallest absolute Gasteiger partial charge is 0.228 e. The quantitative estimate of drug-likeness (QED) is 0.590. The molecule has 1 aromatic heterocycles. The molecule has 0 aliphatic carbocycles. The Balaban J connectivity index is 2.37. The average Bonchev–Trinajstić information content (AvgIpc) is 2.46. The van der Waals surface area contributed by atoms with E-state index in [9.17, 15) is 4.79 Å². The highest BCUT2D eigenvalue weighted by molar-refractivity contribution is 7.71. The Morgan fingerprint density at radius 2 is 2.43 bits per heavy atom. The Bertz CT molecular complexity index is 417. The molecule has 1 atom stereocenters. The molecule has 0 radical (unpaired) electrons. The molecule has 2 heterocycles. The molecule has 74 valence electrons. The van der Waals surface area contributed by atoms with Crippen LogP contribution in [-0.2, 0) is 4.79 Å². The Labute approximate surface area is 91.7 Å². The maximum absolute atomic E-state index is 11.5. The summed E-state index contributed by atoms with van der Waals surface area (Å²) in [5.41, 5.74) is 0.746. The first-order valence-electron chi connectivity index (χ1n) is 4.30. The number of aromatic amines is 1. The number of amides is 1. The Morgan fingerprint density at radius 3 is 3.00 bits per heavy atom. The summed E-state index contributed by atoms with van der Waals surface area (Å²) in [6.07, 6.45) is 2.13. The van der Waals surface area contributed by atoms with Crippen molar-refractivity contribution in [2.24, 2.45) is 0 Å². The van der Waals surface area contributed by atoms with E-state index in [2.05, 4.69) is 4.98 Å². The molecule has 5 heteroatoms. The van der Waals surface area contributed by atoms with Crippen molar-refractivity contribution in [1.82, 2.24) is 4.98 Å². The first kappa shape index (κ1) is 9.68. The number of nitrogens with zero attached hydrogens (tertiary/aromatic N) is 1. The van der Waals surface area contributed by atoms with Crippen LogP contribution in [0.1, 0.15) is 6.42 Å². The SMILES string of the molecule is O=C1CC(Cl)CN1c1ccc[nH]c1=S. The Kier molecular flexibility index (Phi) is 2.56. The summed E-state index contributed by atoms with van der Waals surface area (Å²) >= 11 is 11.0. The minimum absolute atomic E-state index is 0.0377. The van der Waals surface area contributed by atoms with E-state index < -0.39 is 0 Å².